The van der Waals surface area contributed by atoms with Crippen molar-refractivity contribution in [2.75, 3.05) is 30.4 Å². The molecule has 2 N–H and O–H groups in total. The zero-order valence-corrected chi connectivity index (χ0v) is 20.0. The number of nitrogens with zero attached hydrogens (tertiary/aromatic N) is 2. The summed E-state index contributed by atoms with van der Waals surface area (Å²) in [6, 6.07) is 17.5. The predicted octanol–water partition coefficient (Wildman–Crippen LogP) is 5.52. The number of hydrogen-bond acceptors (Lipinski definition) is 5. The van der Waals surface area contributed by atoms with Gasteiger partial charge < -0.3 is 20.3 Å². The maximum atomic E-state index is 5.73. The average molecular weight is 433 g/mol. The Bertz CT molecular complexity index is 1050. The second-order valence-electron chi connectivity index (χ2n) is 9.88. The van der Waals surface area contributed by atoms with Gasteiger partial charge in [0.15, 0.2) is 0 Å². The van der Waals surface area contributed by atoms with Gasteiger partial charge in [0, 0.05) is 37.3 Å². The van der Waals surface area contributed by atoms with Crippen molar-refractivity contribution in [2.24, 2.45) is 0 Å². The fourth-order valence-electron chi connectivity index (χ4n) is 4.52. The predicted molar refractivity (Wildman–Crippen MR) is 135 cm³/mol. The van der Waals surface area contributed by atoms with E-state index >= 15 is 0 Å². The summed E-state index contributed by atoms with van der Waals surface area (Å²) in [5, 5.41) is 8.40. The van der Waals surface area contributed by atoms with Crippen LogP contribution in [0.5, 0.6) is 5.75 Å². The summed E-state index contributed by atoms with van der Waals surface area (Å²) in [6.45, 7) is 11.6. The maximum absolute atomic E-state index is 5.73. The molecule has 2 aromatic carbocycles. The number of rotatable bonds is 6. The summed E-state index contributed by atoms with van der Waals surface area (Å²) in [6.07, 6.45) is 2.25. The lowest BCUT2D eigenvalue weighted by Crippen LogP contribution is -2.49. The topological polar surface area (TPSA) is 49.4 Å². The van der Waals surface area contributed by atoms with Crippen LogP contribution in [0.15, 0.2) is 48.5 Å². The van der Waals surface area contributed by atoms with Crippen molar-refractivity contribution in [3.05, 3.63) is 59.7 Å². The van der Waals surface area contributed by atoms with Gasteiger partial charge in [0.25, 0.3) is 0 Å². The highest BCUT2D eigenvalue weighted by molar-refractivity contribution is 5.98. The van der Waals surface area contributed by atoms with Gasteiger partial charge in [0.2, 0.25) is 0 Å². The van der Waals surface area contributed by atoms with Gasteiger partial charge in [0.1, 0.15) is 11.6 Å². The SMILES string of the molecule is COc1cccc2nc(NCc3ccc(C)cc3)cc(N3CCC(NC(C)(C)C)CC3)c12. The van der Waals surface area contributed by atoms with Gasteiger partial charge in [-0.15, -0.1) is 0 Å². The maximum Gasteiger partial charge on any atom is 0.130 e. The molecule has 3 aromatic rings. The summed E-state index contributed by atoms with van der Waals surface area (Å²) in [4.78, 5) is 7.40. The third-order valence-corrected chi connectivity index (χ3v) is 6.06. The Morgan fingerprint density at radius 3 is 2.44 bits per heavy atom. The van der Waals surface area contributed by atoms with E-state index in [0.29, 0.717) is 6.04 Å². The molecule has 0 spiro atoms. The van der Waals surface area contributed by atoms with Crippen LogP contribution in [0, 0.1) is 6.92 Å². The number of piperidine rings is 1. The van der Waals surface area contributed by atoms with Crippen LogP contribution in [-0.4, -0.2) is 36.8 Å². The van der Waals surface area contributed by atoms with E-state index in [1.807, 2.05) is 12.1 Å². The van der Waals surface area contributed by atoms with E-state index in [0.717, 1.165) is 54.9 Å². The number of ether oxygens (including phenoxy) is 1. The minimum Gasteiger partial charge on any atom is -0.496 e. The van der Waals surface area contributed by atoms with E-state index < -0.39 is 0 Å². The van der Waals surface area contributed by atoms with Crippen LogP contribution < -0.4 is 20.3 Å². The third kappa shape index (κ3) is 5.33. The molecule has 2 heterocycles. The highest BCUT2D eigenvalue weighted by Gasteiger charge is 2.25. The molecule has 32 heavy (non-hydrogen) atoms. The Kier molecular flexibility index (Phi) is 6.56. The largest absolute Gasteiger partial charge is 0.496 e. The van der Waals surface area contributed by atoms with Gasteiger partial charge >= 0.3 is 0 Å². The highest BCUT2D eigenvalue weighted by atomic mass is 16.5. The fourth-order valence-corrected chi connectivity index (χ4v) is 4.52. The number of aromatic nitrogens is 1. The molecular formula is C27H36N4O. The Morgan fingerprint density at radius 2 is 1.78 bits per heavy atom. The molecular weight excluding hydrogens is 396 g/mol. The second-order valence-corrected chi connectivity index (χ2v) is 9.88. The number of anilines is 2. The summed E-state index contributed by atoms with van der Waals surface area (Å²) in [5.74, 6) is 1.78. The van der Waals surface area contributed by atoms with E-state index in [-0.39, 0.29) is 5.54 Å². The monoisotopic (exact) mass is 432 g/mol. The number of hydrogen-bond donors (Lipinski definition) is 2. The lowest BCUT2D eigenvalue weighted by atomic mass is 9.99. The summed E-state index contributed by atoms with van der Waals surface area (Å²) >= 11 is 0. The molecule has 0 aliphatic carbocycles. The number of aryl methyl sites for hydroxylation is 1. The van der Waals surface area contributed by atoms with Crippen LogP contribution in [0.2, 0.25) is 0 Å². The molecule has 1 saturated heterocycles. The third-order valence-electron chi connectivity index (χ3n) is 6.06. The van der Waals surface area contributed by atoms with Crippen LogP contribution in [0.1, 0.15) is 44.7 Å². The van der Waals surface area contributed by atoms with E-state index in [1.54, 1.807) is 7.11 Å². The normalized spacial score (nSPS) is 15.2. The number of fused-ring (bicyclic) bond motifs is 1. The standard InChI is InChI=1S/C27H36N4O/c1-19-9-11-20(12-10-19)18-28-25-17-23(26-22(29-25)7-6-8-24(26)32-5)31-15-13-21(14-16-31)30-27(2,3)4/h6-12,17,21,30H,13-16,18H2,1-5H3,(H,28,29). The zero-order valence-electron chi connectivity index (χ0n) is 20.0. The molecule has 4 rings (SSSR count). The first-order valence-electron chi connectivity index (χ1n) is 11.6. The van der Waals surface area contributed by atoms with Crippen molar-refractivity contribution in [3.8, 4) is 5.75 Å². The van der Waals surface area contributed by atoms with Crippen LogP contribution in [0.25, 0.3) is 10.9 Å². The Hall–Kier alpha value is -2.79. The van der Waals surface area contributed by atoms with E-state index in [9.17, 15) is 0 Å². The molecule has 0 saturated carbocycles. The summed E-state index contributed by atoms with van der Waals surface area (Å²) in [5.41, 5.74) is 4.83. The van der Waals surface area contributed by atoms with Crippen molar-refractivity contribution >= 4 is 22.4 Å². The van der Waals surface area contributed by atoms with Gasteiger partial charge in [-0.1, -0.05) is 35.9 Å². The molecule has 5 nitrogen and oxygen atoms in total. The quantitative estimate of drug-likeness (QED) is 0.537. The number of methoxy groups -OCH3 is 1. The smallest absolute Gasteiger partial charge is 0.130 e. The van der Waals surface area contributed by atoms with Gasteiger partial charge in [-0.2, -0.15) is 0 Å². The molecule has 1 aliphatic rings. The summed E-state index contributed by atoms with van der Waals surface area (Å²) < 4.78 is 5.73. The molecule has 0 atom stereocenters. The van der Waals surface area contributed by atoms with Gasteiger partial charge in [-0.05, 0) is 58.2 Å². The molecule has 0 amide bonds. The molecule has 1 aromatic heterocycles. The van der Waals surface area contributed by atoms with E-state index in [1.165, 1.54) is 16.8 Å². The van der Waals surface area contributed by atoms with Crippen LogP contribution in [0.4, 0.5) is 11.5 Å². The fraction of sp³-hybridized carbons (Fsp3) is 0.444. The van der Waals surface area contributed by atoms with Gasteiger partial charge in [-0.3, -0.25) is 0 Å². The first-order chi connectivity index (χ1) is 15.3. The number of pyridine rings is 1. The lowest BCUT2D eigenvalue weighted by molar-refractivity contribution is 0.317. The molecule has 0 unspecified atom stereocenters. The van der Waals surface area contributed by atoms with Crippen LogP contribution in [0.3, 0.4) is 0 Å². The lowest BCUT2D eigenvalue weighted by Gasteiger charge is -2.38. The van der Waals surface area contributed by atoms with Crippen molar-refractivity contribution in [3.63, 3.8) is 0 Å². The molecule has 0 bridgehead atoms. The molecule has 1 fully saturated rings. The molecule has 170 valence electrons. The van der Waals surface area contributed by atoms with Crippen molar-refractivity contribution in [1.82, 2.24) is 10.3 Å². The van der Waals surface area contributed by atoms with Crippen LogP contribution >= 0.6 is 0 Å². The first kappa shape index (κ1) is 22.4. The van der Waals surface area contributed by atoms with Gasteiger partial charge in [-0.25, -0.2) is 4.98 Å². The number of benzene rings is 2. The average Bonchev–Trinajstić information content (AvgIpc) is 2.77. The first-order valence-corrected chi connectivity index (χ1v) is 11.6. The summed E-state index contributed by atoms with van der Waals surface area (Å²) in [7, 11) is 1.74. The Balaban J connectivity index is 1.60. The van der Waals surface area contributed by atoms with E-state index in [2.05, 4.69) is 79.6 Å². The van der Waals surface area contributed by atoms with E-state index in [4.69, 9.17) is 9.72 Å². The Morgan fingerprint density at radius 1 is 1.06 bits per heavy atom. The van der Waals surface area contributed by atoms with Crippen LogP contribution in [-0.2, 0) is 6.54 Å². The van der Waals surface area contributed by atoms with Gasteiger partial charge in [0.05, 0.1) is 23.7 Å². The second kappa shape index (κ2) is 9.37. The number of nitrogens with one attached hydrogen (secondary N) is 2. The van der Waals surface area contributed by atoms with Crippen molar-refractivity contribution in [1.29, 1.82) is 0 Å². The molecule has 5 heteroatoms. The van der Waals surface area contributed by atoms with Crippen molar-refractivity contribution in [2.45, 2.75) is 58.7 Å². The van der Waals surface area contributed by atoms with Crippen molar-refractivity contribution < 1.29 is 4.74 Å². The zero-order chi connectivity index (χ0) is 22.7. The minimum absolute atomic E-state index is 0.145. The minimum atomic E-state index is 0.145. The Labute approximate surface area is 192 Å². The molecule has 1 aliphatic heterocycles. The molecule has 0 radical (unpaired) electrons. The highest BCUT2D eigenvalue weighted by Crippen LogP contribution is 2.37.